The highest BCUT2D eigenvalue weighted by atomic mass is 35.5. The van der Waals surface area contributed by atoms with E-state index >= 15 is 0 Å². The highest BCUT2D eigenvalue weighted by Crippen LogP contribution is 2.42. The maximum Gasteiger partial charge on any atom is 0.404 e. The quantitative estimate of drug-likeness (QED) is 0.892. The summed E-state index contributed by atoms with van der Waals surface area (Å²) in [5, 5.41) is 11.3. The van der Waals surface area contributed by atoms with Crippen molar-refractivity contribution in [3.05, 3.63) is 52.6 Å². The van der Waals surface area contributed by atoms with Crippen molar-refractivity contribution in [2.75, 3.05) is 6.54 Å². The Morgan fingerprint density at radius 3 is 2.87 bits per heavy atom. The normalized spacial score (nSPS) is 15.9. The molecule has 0 radical (unpaired) electrons. The van der Waals surface area contributed by atoms with Crippen molar-refractivity contribution in [1.29, 1.82) is 0 Å². The standard InChI is InChI=1S/C16H12ClF2NO3/c17-9-4-8-5-10(7-20-16(21)22)23-15(8)12(6-9)11-2-1-3-13(18)14(11)19/h1-4,6,10,20H,5,7H2,(H,21,22). The fourth-order valence-corrected chi connectivity index (χ4v) is 2.86. The molecule has 2 N–H and O–H groups in total. The lowest BCUT2D eigenvalue weighted by Gasteiger charge is -2.13. The van der Waals surface area contributed by atoms with E-state index in [4.69, 9.17) is 21.4 Å². The predicted octanol–water partition coefficient (Wildman–Crippen LogP) is 3.86. The second-order valence-electron chi connectivity index (χ2n) is 5.17. The molecular formula is C16H12ClF2NO3. The molecule has 0 saturated carbocycles. The van der Waals surface area contributed by atoms with Crippen LogP contribution < -0.4 is 10.1 Å². The Balaban J connectivity index is 1.99. The third-order valence-corrected chi connectivity index (χ3v) is 3.80. The van der Waals surface area contributed by atoms with Crippen molar-refractivity contribution in [1.82, 2.24) is 5.32 Å². The molecule has 120 valence electrons. The van der Waals surface area contributed by atoms with Gasteiger partial charge in [0.25, 0.3) is 0 Å². The van der Waals surface area contributed by atoms with Crippen LogP contribution in [0.5, 0.6) is 5.75 Å². The monoisotopic (exact) mass is 339 g/mol. The number of amides is 1. The molecule has 1 atom stereocenters. The van der Waals surface area contributed by atoms with E-state index in [1.54, 1.807) is 6.07 Å². The summed E-state index contributed by atoms with van der Waals surface area (Å²) in [6, 6.07) is 7.06. The fraction of sp³-hybridized carbons (Fsp3) is 0.188. The highest BCUT2D eigenvalue weighted by Gasteiger charge is 2.28. The first-order valence-corrected chi connectivity index (χ1v) is 7.23. The van der Waals surface area contributed by atoms with Gasteiger partial charge in [0, 0.05) is 28.1 Å². The zero-order chi connectivity index (χ0) is 16.6. The zero-order valence-electron chi connectivity index (χ0n) is 11.8. The molecule has 4 nitrogen and oxygen atoms in total. The van der Waals surface area contributed by atoms with Gasteiger partial charge in [-0.1, -0.05) is 23.7 Å². The van der Waals surface area contributed by atoms with Gasteiger partial charge < -0.3 is 15.2 Å². The number of benzene rings is 2. The van der Waals surface area contributed by atoms with Gasteiger partial charge in [-0.3, -0.25) is 0 Å². The van der Waals surface area contributed by atoms with Crippen molar-refractivity contribution in [2.45, 2.75) is 12.5 Å². The fourth-order valence-electron chi connectivity index (χ4n) is 2.62. The van der Waals surface area contributed by atoms with E-state index in [2.05, 4.69) is 5.32 Å². The summed E-state index contributed by atoms with van der Waals surface area (Å²) in [6.45, 7) is 0.0900. The van der Waals surface area contributed by atoms with E-state index in [9.17, 15) is 13.6 Å². The minimum Gasteiger partial charge on any atom is -0.487 e. The number of ether oxygens (including phenoxy) is 1. The highest BCUT2D eigenvalue weighted by molar-refractivity contribution is 6.31. The van der Waals surface area contributed by atoms with Crippen LogP contribution in [0.15, 0.2) is 30.3 Å². The molecule has 1 unspecified atom stereocenters. The number of halogens is 3. The maximum absolute atomic E-state index is 14.1. The second-order valence-corrected chi connectivity index (χ2v) is 5.61. The number of rotatable bonds is 3. The summed E-state index contributed by atoms with van der Waals surface area (Å²) in [4.78, 5) is 10.6. The first-order chi connectivity index (χ1) is 11.0. The summed E-state index contributed by atoms with van der Waals surface area (Å²) in [5.41, 5.74) is 1.13. The molecule has 23 heavy (non-hydrogen) atoms. The smallest absolute Gasteiger partial charge is 0.404 e. The summed E-state index contributed by atoms with van der Waals surface area (Å²) in [5.74, 6) is -1.54. The van der Waals surface area contributed by atoms with Crippen molar-refractivity contribution in [2.24, 2.45) is 0 Å². The van der Waals surface area contributed by atoms with E-state index in [0.717, 1.165) is 11.6 Å². The third kappa shape index (κ3) is 3.07. The molecule has 7 heteroatoms. The average Bonchev–Trinajstić information content (AvgIpc) is 2.90. The Bertz CT molecular complexity index is 782. The Labute approximate surface area is 135 Å². The van der Waals surface area contributed by atoms with E-state index in [0.29, 0.717) is 22.8 Å². The summed E-state index contributed by atoms with van der Waals surface area (Å²) >= 11 is 6.06. The summed E-state index contributed by atoms with van der Waals surface area (Å²) in [7, 11) is 0. The molecule has 3 rings (SSSR count). The van der Waals surface area contributed by atoms with E-state index in [1.165, 1.54) is 18.2 Å². The molecule has 0 aromatic heterocycles. The van der Waals surface area contributed by atoms with Crippen LogP contribution in [0.4, 0.5) is 13.6 Å². The molecule has 0 bridgehead atoms. The maximum atomic E-state index is 14.1. The van der Waals surface area contributed by atoms with Crippen LogP contribution in [0.1, 0.15) is 5.56 Å². The number of carbonyl (C=O) groups is 1. The molecular weight excluding hydrogens is 328 g/mol. The zero-order valence-corrected chi connectivity index (χ0v) is 12.5. The van der Waals surface area contributed by atoms with Crippen LogP contribution in [0.25, 0.3) is 11.1 Å². The summed E-state index contributed by atoms with van der Waals surface area (Å²) in [6.07, 6.45) is -1.14. The number of hydrogen-bond acceptors (Lipinski definition) is 2. The first-order valence-electron chi connectivity index (χ1n) is 6.86. The Kier molecular flexibility index (Phi) is 4.09. The van der Waals surface area contributed by atoms with Crippen LogP contribution in [0, 0.1) is 11.6 Å². The number of nitrogens with one attached hydrogen (secondary N) is 1. The number of fused-ring (bicyclic) bond motifs is 1. The molecule has 1 aliphatic rings. The van der Waals surface area contributed by atoms with E-state index < -0.39 is 23.8 Å². The average molecular weight is 340 g/mol. The van der Waals surface area contributed by atoms with Gasteiger partial charge in [0.2, 0.25) is 0 Å². The Hall–Kier alpha value is -2.34. The van der Waals surface area contributed by atoms with Gasteiger partial charge >= 0.3 is 6.09 Å². The molecule has 2 aromatic rings. The molecule has 1 aliphatic heterocycles. The van der Waals surface area contributed by atoms with E-state index in [-0.39, 0.29) is 12.1 Å². The minimum atomic E-state index is -1.15. The molecule has 1 amide bonds. The van der Waals surface area contributed by atoms with Crippen LogP contribution in [0.2, 0.25) is 5.02 Å². The number of carboxylic acid groups (broad SMARTS) is 1. The lowest BCUT2D eigenvalue weighted by molar-refractivity contribution is 0.181. The second kappa shape index (κ2) is 6.04. The largest absolute Gasteiger partial charge is 0.487 e. The predicted molar refractivity (Wildman–Crippen MR) is 81.0 cm³/mol. The number of hydrogen-bond donors (Lipinski definition) is 2. The molecule has 0 saturated heterocycles. The third-order valence-electron chi connectivity index (χ3n) is 3.59. The van der Waals surface area contributed by atoms with Crippen molar-refractivity contribution in [3.63, 3.8) is 0 Å². The minimum absolute atomic E-state index is 0.0515. The topological polar surface area (TPSA) is 58.6 Å². The van der Waals surface area contributed by atoms with Gasteiger partial charge in [0.1, 0.15) is 11.9 Å². The Morgan fingerprint density at radius 2 is 2.13 bits per heavy atom. The summed E-state index contributed by atoms with van der Waals surface area (Å²) < 4.78 is 33.3. The van der Waals surface area contributed by atoms with Gasteiger partial charge in [-0.2, -0.15) is 0 Å². The van der Waals surface area contributed by atoms with Gasteiger partial charge in [0.15, 0.2) is 11.6 Å². The van der Waals surface area contributed by atoms with Gasteiger partial charge in [0.05, 0.1) is 6.54 Å². The molecule has 0 fully saturated rings. The van der Waals surface area contributed by atoms with Crippen LogP contribution in [-0.4, -0.2) is 23.8 Å². The molecule has 2 aromatic carbocycles. The lowest BCUT2D eigenvalue weighted by Crippen LogP contribution is -2.33. The van der Waals surface area contributed by atoms with Crippen molar-refractivity contribution in [3.8, 4) is 16.9 Å². The molecule has 1 heterocycles. The van der Waals surface area contributed by atoms with Gasteiger partial charge in [-0.25, -0.2) is 13.6 Å². The van der Waals surface area contributed by atoms with Gasteiger partial charge in [-0.05, 0) is 18.2 Å². The van der Waals surface area contributed by atoms with Crippen LogP contribution in [0.3, 0.4) is 0 Å². The Morgan fingerprint density at radius 1 is 1.35 bits per heavy atom. The molecule has 0 spiro atoms. The van der Waals surface area contributed by atoms with E-state index in [1.807, 2.05) is 0 Å². The SMILES string of the molecule is O=C(O)NCC1Cc2cc(Cl)cc(-c3cccc(F)c3F)c2O1. The van der Waals surface area contributed by atoms with Crippen LogP contribution >= 0.6 is 11.6 Å². The lowest BCUT2D eigenvalue weighted by atomic mass is 10.00. The molecule has 0 aliphatic carbocycles. The van der Waals surface area contributed by atoms with Crippen molar-refractivity contribution < 1.29 is 23.4 Å². The van der Waals surface area contributed by atoms with Crippen molar-refractivity contribution >= 4 is 17.7 Å². The van der Waals surface area contributed by atoms with Crippen LogP contribution in [-0.2, 0) is 6.42 Å². The van der Waals surface area contributed by atoms with Gasteiger partial charge in [-0.15, -0.1) is 0 Å². The first kappa shape index (κ1) is 15.6.